The highest BCUT2D eigenvalue weighted by Gasteiger charge is 2.28. The van der Waals surface area contributed by atoms with Crippen LogP contribution >= 0.6 is 0 Å². The molecule has 112 valence electrons. The molecule has 0 aromatic heterocycles. The molecule has 21 heavy (non-hydrogen) atoms. The summed E-state index contributed by atoms with van der Waals surface area (Å²) in [6.45, 7) is 3.56. The normalized spacial score (nSPS) is 22.5. The lowest BCUT2D eigenvalue weighted by Gasteiger charge is -2.36. The Morgan fingerprint density at radius 3 is 2.90 bits per heavy atom. The van der Waals surface area contributed by atoms with Gasteiger partial charge >= 0.3 is 0 Å². The van der Waals surface area contributed by atoms with E-state index in [2.05, 4.69) is 17.9 Å². The van der Waals surface area contributed by atoms with E-state index in [0.717, 1.165) is 18.4 Å². The van der Waals surface area contributed by atoms with E-state index < -0.39 is 0 Å². The van der Waals surface area contributed by atoms with Crippen LogP contribution in [0.2, 0.25) is 0 Å². The van der Waals surface area contributed by atoms with Crippen molar-refractivity contribution in [3.63, 3.8) is 0 Å². The topological polar surface area (TPSA) is 79.3 Å². The Hall–Kier alpha value is -2.06. The van der Waals surface area contributed by atoms with Crippen molar-refractivity contribution in [1.29, 1.82) is 5.26 Å². The largest absolute Gasteiger partial charge is 0.495 e. The van der Waals surface area contributed by atoms with Crippen molar-refractivity contribution in [2.45, 2.75) is 32.4 Å². The van der Waals surface area contributed by atoms with E-state index in [1.165, 1.54) is 0 Å². The molecule has 1 aromatic carbocycles. The number of methoxy groups -OCH3 is 1. The number of nitriles is 1. The minimum absolute atomic E-state index is 0.0742. The van der Waals surface area contributed by atoms with Gasteiger partial charge in [-0.1, -0.05) is 6.07 Å². The number of hydrogen-bond donors (Lipinski definition) is 1. The van der Waals surface area contributed by atoms with Crippen molar-refractivity contribution in [2.24, 2.45) is 11.7 Å². The first kappa shape index (κ1) is 15.3. The third-order valence-corrected chi connectivity index (χ3v) is 4.18. The molecule has 0 spiro atoms. The van der Waals surface area contributed by atoms with Gasteiger partial charge in [0.05, 0.1) is 18.6 Å². The van der Waals surface area contributed by atoms with Crippen LogP contribution < -0.4 is 10.5 Å². The standard InChI is InChI=1S/C16H21N3O2/c1-11-3-5-13(16(18)20)10-19(11)9-12-4-6-15(21-2)14(7-12)8-17/h4,6-7,11,13H,3,5,9-10H2,1-2H3,(H2,18,20). The van der Waals surface area contributed by atoms with Crippen LogP contribution in [0.4, 0.5) is 0 Å². The Morgan fingerprint density at radius 1 is 1.52 bits per heavy atom. The number of nitrogens with zero attached hydrogens (tertiary/aromatic N) is 2. The summed E-state index contributed by atoms with van der Waals surface area (Å²) < 4.78 is 5.15. The van der Waals surface area contributed by atoms with Gasteiger partial charge in [0.2, 0.25) is 5.91 Å². The summed E-state index contributed by atoms with van der Waals surface area (Å²) in [5, 5.41) is 9.14. The lowest BCUT2D eigenvalue weighted by molar-refractivity contribution is -0.124. The third-order valence-electron chi connectivity index (χ3n) is 4.18. The van der Waals surface area contributed by atoms with E-state index >= 15 is 0 Å². The van der Waals surface area contributed by atoms with E-state index in [1.807, 2.05) is 18.2 Å². The molecule has 1 heterocycles. The zero-order chi connectivity index (χ0) is 15.4. The van der Waals surface area contributed by atoms with E-state index in [1.54, 1.807) is 7.11 Å². The lowest BCUT2D eigenvalue weighted by Crippen LogP contribution is -2.45. The van der Waals surface area contributed by atoms with Crippen molar-refractivity contribution < 1.29 is 9.53 Å². The number of carbonyl (C=O) groups is 1. The Bertz CT molecular complexity index is 565. The quantitative estimate of drug-likeness (QED) is 0.913. The molecule has 0 bridgehead atoms. The molecule has 1 amide bonds. The molecule has 0 saturated carbocycles. The van der Waals surface area contributed by atoms with Crippen LogP contribution in [0.25, 0.3) is 0 Å². The SMILES string of the molecule is COc1ccc(CN2CC(C(N)=O)CCC2C)cc1C#N. The molecule has 2 unspecified atom stereocenters. The number of benzene rings is 1. The van der Waals surface area contributed by atoms with Crippen LogP contribution in [-0.4, -0.2) is 30.5 Å². The number of hydrogen-bond acceptors (Lipinski definition) is 4. The summed E-state index contributed by atoms with van der Waals surface area (Å²) in [6, 6.07) is 8.17. The van der Waals surface area contributed by atoms with Gasteiger partial charge in [0.25, 0.3) is 0 Å². The third kappa shape index (κ3) is 3.53. The number of nitrogens with two attached hydrogens (primary N) is 1. The zero-order valence-electron chi connectivity index (χ0n) is 12.5. The fourth-order valence-corrected chi connectivity index (χ4v) is 2.81. The predicted molar refractivity (Wildman–Crippen MR) is 79.5 cm³/mol. The van der Waals surface area contributed by atoms with Crippen LogP contribution in [0.15, 0.2) is 18.2 Å². The summed E-state index contributed by atoms with van der Waals surface area (Å²) in [7, 11) is 1.56. The number of likely N-dealkylation sites (tertiary alicyclic amines) is 1. The van der Waals surface area contributed by atoms with Gasteiger partial charge in [0.15, 0.2) is 0 Å². The summed E-state index contributed by atoms with van der Waals surface area (Å²) in [5.41, 5.74) is 7.01. The number of rotatable bonds is 4. The minimum atomic E-state index is -0.223. The number of amides is 1. The zero-order valence-corrected chi connectivity index (χ0v) is 12.5. The number of primary amides is 1. The van der Waals surface area contributed by atoms with Gasteiger partial charge in [-0.15, -0.1) is 0 Å². The monoisotopic (exact) mass is 287 g/mol. The molecule has 1 aliphatic heterocycles. The fraction of sp³-hybridized carbons (Fsp3) is 0.500. The molecule has 0 radical (unpaired) electrons. The highest BCUT2D eigenvalue weighted by molar-refractivity contribution is 5.77. The van der Waals surface area contributed by atoms with Crippen molar-refractivity contribution in [2.75, 3.05) is 13.7 Å². The van der Waals surface area contributed by atoms with E-state index in [4.69, 9.17) is 15.7 Å². The highest BCUT2D eigenvalue weighted by atomic mass is 16.5. The molecule has 1 aromatic rings. The van der Waals surface area contributed by atoms with Crippen LogP contribution in [0.5, 0.6) is 5.75 Å². The van der Waals surface area contributed by atoms with Crippen LogP contribution in [0.1, 0.15) is 30.9 Å². The molecular formula is C16H21N3O2. The molecule has 2 N–H and O–H groups in total. The van der Waals surface area contributed by atoms with Crippen molar-refractivity contribution >= 4 is 5.91 Å². The summed E-state index contributed by atoms with van der Waals surface area (Å²) in [5.74, 6) is 0.289. The molecule has 2 atom stereocenters. The maximum Gasteiger partial charge on any atom is 0.221 e. The first-order valence-corrected chi connectivity index (χ1v) is 7.15. The Morgan fingerprint density at radius 2 is 2.29 bits per heavy atom. The number of ether oxygens (including phenoxy) is 1. The van der Waals surface area contributed by atoms with Crippen LogP contribution in [0.3, 0.4) is 0 Å². The van der Waals surface area contributed by atoms with Gasteiger partial charge in [0.1, 0.15) is 11.8 Å². The molecule has 1 saturated heterocycles. The second-order valence-electron chi connectivity index (χ2n) is 5.60. The minimum Gasteiger partial charge on any atom is -0.495 e. The summed E-state index contributed by atoms with van der Waals surface area (Å²) in [6.07, 6.45) is 1.83. The van der Waals surface area contributed by atoms with E-state index in [9.17, 15) is 4.79 Å². The molecule has 1 fully saturated rings. The van der Waals surface area contributed by atoms with Gasteiger partial charge < -0.3 is 10.5 Å². The first-order chi connectivity index (χ1) is 10.0. The van der Waals surface area contributed by atoms with Gasteiger partial charge in [0, 0.05) is 19.1 Å². The van der Waals surface area contributed by atoms with Crippen molar-refractivity contribution in [1.82, 2.24) is 4.90 Å². The van der Waals surface area contributed by atoms with Gasteiger partial charge in [-0.25, -0.2) is 0 Å². The Labute approximate surface area is 125 Å². The van der Waals surface area contributed by atoms with Crippen LogP contribution in [-0.2, 0) is 11.3 Å². The average Bonchev–Trinajstić information content (AvgIpc) is 2.49. The Kier molecular flexibility index (Phi) is 4.81. The average molecular weight is 287 g/mol. The van der Waals surface area contributed by atoms with Gasteiger partial charge in [-0.3, -0.25) is 9.69 Å². The maximum absolute atomic E-state index is 11.4. The number of carbonyl (C=O) groups excluding carboxylic acids is 1. The fourth-order valence-electron chi connectivity index (χ4n) is 2.81. The highest BCUT2D eigenvalue weighted by Crippen LogP contribution is 2.25. The lowest BCUT2D eigenvalue weighted by atomic mass is 9.92. The molecule has 1 aliphatic rings. The van der Waals surface area contributed by atoms with Crippen molar-refractivity contribution in [3.8, 4) is 11.8 Å². The van der Waals surface area contributed by atoms with Gasteiger partial charge in [-0.05, 0) is 37.5 Å². The second kappa shape index (κ2) is 6.59. The van der Waals surface area contributed by atoms with E-state index in [0.29, 0.717) is 30.4 Å². The summed E-state index contributed by atoms with van der Waals surface area (Å²) >= 11 is 0. The number of piperidine rings is 1. The second-order valence-corrected chi connectivity index (χ2v) is 5.60. The molecule has 0 aliphatic carbocycles. The van der Waals surface area contributed by atoms with E-state index in [-0.39, 0.29) is 11.8 Å². The van der Waals surface area contributed by atoms with Crippen LogP contribution in [0, 0.1) is 17.2 Å². The van der Waals surface area contributed by atoms with Crippen molar-refractivity contribution in [3.05, 3.63) is 29.3 Å². The summed E-state index contributed by atoms with van der Waals surface area (Å²) in [4.78, 5) is 13.6. The molecular weight excluding hydrogens is 266 g/mol. The Balaban J connectivity index is 2.13. The predicted octanol–water partition coefficient (Wildman–Crippen LogP) is 1.65. The maximum atomic E-state index is 11.4. The smallest absolute Gasteiger partial charge is 0.221 e. The molecule has 5 heteroatoms. The van der Waals surface area contributed by atoms with Gasteiger partial charge in [-0.2, -0.15) is 5.26 Å². The first-order valence-electron chi connectivity index (χ1n) is 7.15. The molecule has 5 nitrogen and oxygen atoms in total. The molecule has 2 rings (SSSR count).